The quantitative estimate of drug-likeness (QED) is 0.159. The zero-order valence-corrected chi connectivity index (χ0v) is 31.5. The second-order valence-corrected chi connectivity index (χ2v) is 14.7. The van der Waals surface area contributed by atoms with Crippen LogP contribution in [-0.2, 0) is 5.41 Å². The molecule has 0 heterocycles. The average Bonchev–Trinajstić information content (AvgIpc) is 3.59. The Morgan fingerprint density at radius 1 is 0.482 bits per heavy atom. The van der Waals surface area contributed by atoms with Crippen LogP contribution in [0.1, 0.15) is 41.0 Å². The van der Waals surface area contributed by atoms with E-state index in [1.807, 2.05) is 36.4 Å². The van der Waals surface area contributed by atoms with Gasteiger partial charge in [-0.05, 0) is 81.6 Å². The minimum absolute atomic E-state index is 0.203. The molecule has 2 atom stereocenters. The van der Waals surface area contributed by atoms with E-state index in [1.54, 1.807) is 0 Å². The molecule has 0 spiro atoms. The van der Waals surface area contributed by atoms with E-state index in [2.05, 4.69) is 205 Å². The van der Waals surface area contributed by atoms with E-state index in [-0.39, 0.29) is 17.3 Å². The maximum absolute atomic E-state index is 2.58. The molecule has 3 aliphatic rings. The van der Waals surface area contributed by atoms with E-state index >= 15 is 0 Å². The van der Waals surface area contributed by atoms with Crippen LogP contribution in [0.2, 0.25) is 0 Å². The third-order valence-corrected chi connectivity index (χ3v) is 11.6. The molecule has 0 aliphatic heterocycles. The first kappa shape index (κ1) is 35.0. The van der Waals surface area contributed by atoms with Crippen molar-refractivity contribution in [3.05, 3.63) is 270 Å². The Balaban J connectivity index is 0.000000626. The maximum atomic E-state index is 2.58. The third-order valence-electron chi connectivity index (χ3n) is 11.6. The molecular formula is C55H45N. The van der Waals surface area contributed by atoms with Crippen LogP contribution in [0, 0.1) is 5.92 Å². The van der Waals surface area contributed by atoms with Crippen molar-refractivity contribution in [2.45, 2.75) is 24.2 Å². The standard InChI is InChI=1S/C49H39N.C6H6/c1-5-15-36(16-6-1)37-25-27-38(28-26-37)39-29-31-43(32-30-39)50(42-21-11-4-12-22-42)44-33-34-46-45-23-13-14-24-47(45)49(48(46)35-44,40-17-7-2-8-18-40)41-19-9-3-10-20-41;1-2-4-6-5-3-1/h1-11,13-21,23-35,46,48H,12,22H2;1-6H. The normalized spacial score (nSPS) is 17.4. The van der Waals surface area contributed by atoms with Gasteiger partial charge in [0, 0.05) is 28.9 Å². The van der Waals surface area contributed by atoms with Gasteiger partial charge in [0.2, 0.25) is 0 Å². The Kier molecular flexibility index (Phi) is 9.98. The van der Waals surface area contributed by atoms with Gasteiger partial charge in [-0.15, -0.1) is 0 Å². The van der Waals surface area contributed by atoms with Crippen LogP contribution in [0.4, 0.5) is 5.69 Å². The number of anilines is 1. The van der Waals surface area contributed by atoms with Crippen molar-refractivity contribution in [3.8, 4) is 22.3 Å². The van der Waals surface area contributed by atoms with Crippen LogP contribution in [0.25, 0.3) is 22.3 Å². The summed E-state index contributed by atoms with van der Waals surface area (Å²) in [6, 6.07) is 72.2. The molecule has 0 bridgehead atoms. The van der Waals surface area contributed by atoms with E-state index in [0.717, 1.165) is 12.8 Å². The van der Waals surface area contributed by atoms with Crippen LogP contribution in [0.3, 0.4) is 0 Å². The first-order valence-electron chi connectivity index (χ1n) is 19.8. The smallest absolute Gasteiger partial charge is 0.0526 e. The predicted molar refractivity (Wildman–Crippen MR) is 235 cm³/mol. The van der Waals surface area contributed by atoms with Crippen LogP contribution < -0.4 is 4.90 Å². The van der Waals surface area contributed by atoms with Gasteiger partial charge in [0.05, 0.1) is 5.41 Å². The maximum Gasteiger partial charge on any atom is 0.0526 e. The lowest BCUT2D eigenvalue weighted by Gasteiger charge is -2.41. The molecule has 10 rings (SSSR count). The van der Waals surface area contributed by atoms with Crippen LogP contribution in [0.5, 0.6) is 0 Å². The van der Waals surface area contributed by atoms with E-state index in [4.69, 9.17) is 0 Å². The molecule has 0 amide bonds. The molecule has 0 saturated carbocycles. The summed E-state index contributed by atoms with van der Waals surface area (Å²) in [6.07, 6.45) is 16.3. The second-order valence-electron chi connectivity index (χ2n) is 14.7. The third kappa shape index (κ3) is 6.67. The Morgan fingerprint density at radius 3 is 1.52 bits per heavy atom. The highest BCUT2D eigenvalue weighted by Gasteiger charge is 2.53. The number of hydrogen-bond donors (Lipinski definition) is 0. The van der Waals surface area contributed by atoms with Crippen molar-refractivity contribution >= 4 is 5.69 Å². The fourth-order valence-corrected chi connectivity index (χ4v) is 9.03. The Hall–Kier alpha value is -6.70. The van der Waals surface area contributed by atoms with Gasteiger partial charge in [-0.25, -0.2) is 0 Å². The molecule has 0 radical (unpaired) electrons. The molecule has 270 valence electrons. The average molecular weight is 720 g/mol. The minimum Gasteiger partial charge on any atom is -0.315 e. The first-order valence-corrected chi connectivity index (χ1v) is 19.8. The van der Waals surface area contributed by atoms with E-state index in [1.165, 1.54) is 61.6 Å². The largest absolute Gasteiger partial charge is 0.315 e. The molecule has 2 unspecified atom stereocenters. The molecular weight excluding hydrogens is 675 g/mol. The Bertz CT molecular complexity index is 2430. The van der Waals surface area contributed by atoms with E-state index in [0.29, 0.717) is 0 Å². The number of nitrogens with zero attached hydrogens (tertiary/aromatic N) is 1. The zero-order valence-electron chi connectivity index (χ0n) is 31.5. The van der Waals surface area contributed by atoms with Gasteiger partial charge in [-0.2, -0.15) is 0 Å². The summed E-state index contributed by atoms with van der Waals surface area (Å²) in [7, 11) is 0. The minimum atomic E-state index is -0.317. The summed E-state index contributed by atoms with van der Waals surface area (Å²) >= 11 is 0. The number of fused-ring (bicyclic) bond motifs is 3. The van der Waals surface area contributed by atoms with Gasteiger partial charge >= 0.3 is 0 Å². The number of rotatable bonds is 7. The molecule has 0 saturated heterocycles. The lowest BCUT2D eigenvalue weighted by Crippen LogP contribution is -2.36. The van der Waals surface area contributed by atoms with E-state index < -0.39 is 0 Å². The predicted octanol–water partition coefficient (Wildman–Crippen LogP) is 13.9. The molecule has 1 nitrogen and oxygen atoms in total. The fourth-order valence-electron chi connectivity index (χ4n) is 9.03. The Labute approximate surface area is 332 Å². The summed E-state index contributed by atoms with van der Waals surface area (Å²) in [4.78, 5) is 2.50. The van der Waals surface area contributed by atoms with Crippen LogP contribution in [-0.4, -0.2) is 0 Å². The summed E-state index contributed by atoms with van der Waals surface area (Å²) in [5.41, 5.74) is 13.8. The van der Waals surface area contributed by atoms with Gasteiger partial charge in [0.1, 0.15) is 0 Å². The molecule has 0 aromatic heterocycles. The van der Waals surface area contributed by atoms with Crippen LogP contribution >= 0.6 is 0 Å². The first-order chi connectivity index (χ1) is 27.8. The molecule has 1 heteroatoms. The second kappa shape index (κ2) is 16.0. The van der Waals surface area contributed by atoms with Crippen LogP contribution in [0.15, 0.2) is 248 Å². The van der Waals surface area contributed by atoms with Crippen molar-refractivity contribution in [2.24, 2.45) is 5.92 Å². The summed E-state index contributed by atoms with van der Waals surface area (Å²) in [5, 5.41) is 0. The molecule has 7 aromatic rings. The highest BCUT2D eigenvalue weighted by atomic mass is 15.2. The highest BCUT2D eigenvalue weighted by molar-refractivity contribution is 5.73. The van der Waals surface area contributed by atoms with Gasteiger partial charge in [0.15, 0.2) is 0 Å². The lowest BCUT2D eigenvalue weighted by atomic mass is 9.63. The van der Waals surface area contributed by atoms with Crippen molar-refractivity contribution in [3.63, 3.8) is 0 Å². The van der Waals surface area contributed by atoms with Gasteiger partial charge < -0.3 is 4.90 Å². The van der Waals surface area contributed by atoms with Crippen molar-refractivity contribution in [1.82, 2.24) is 0 Å². The number of allylic oxidation sites excluding steroid dienone is 7. The summed E-state index contributed by atoms with van der Waals surface area (Å²) < 4.78 is 0. The van der Waals surface area contributed by atoms with Gasteiger partial charge in [0.25, 0.3) is 0 Å². The topological polar surface area (TPSA) is 3.24 Å². The monoisotopic (exact) mass is 719 g/mol. The zero-order chi connectivity index (χ0) is 37.6. The number of benzene rings is 7. The van der Waals surface area contributed by atoms with Crippen molar-refractivity contribution < 1.29 is 0 Å². The van der Waals surface area contributed by atoms with Gasteiger partial charge in [-0.1, -0.05) is 212 Å². The van der Waals surface area contributed by atoms with Crippen molar-refractivity contribution in [1.29, 1.82) is 0 Å². The highest BCUT2D eigenvalue weighted by Crippen LogP contribution is 2.60. The SMILES string of the molecule is C1=CCCC(N(C2=CC3C(C=C2)c2ccccc2C3(c2ccccc2)c2ccccc2)c2ccc(-c3ccc(-c4ccccc4)cc3)cc2)=C1.c1ccccc1. The van der Waals surface area contributed by atoms with Crippen molar-refractivity contribution in [2.75, 3.05) is 4.90 Å². The van der Waals surface area contributed by atoms with E-state index in [9.17, 15) is 0 Å². The molecule has 0 fully saturated rings. The summed E-state index contributed by atoms with van der Waals surface area (Å²) in [6.45, 7) is 0. The lowest BCUT2D eigenvalue weighted by molar-refractivity contribution is 0.453. The molecule has 56 heavy (non-hydrogen) atoms. The Morgan fingerprint density at radius 2 is 0.964 bits per heavy atom. The molecule has 7 aromatic carbocycles. The van der Waals surface area contributed by atoms with Gasteiger partial charge in [-0.3, -0.25) is 0 Å². The molecule has 3 aliphatic carbocycles. The summed E-state index contributed by atoms with van der Waals surface area (Å²) in [5.74, 6) is 0.480. The molecule has 0 N–H and O–H groups in total. The fraction of sp³-hybridized carbons (Fsp3) is 0.0909. The number of hydrogen-bond acceptors (Lipinski definition) is 1.